The van der Waals surface area contributed by atoms with E-state index in [1.165, 1.54) is 36.8 Å². The first-order valence-electron chi connectivity index (χ1n) is 12.6. The molecule has 0 amide bonds. The predicted molar refractivity (Wildman–Crippen MR) is 128 cm³/mol. The summed E-state index contributed by atoms with van der Waals surface area (Å²) >= 11 is 0. The lowest BCUT2D eigenvalue weighted by Gasteiger charge is -2.55. The van der Waals surface area contributed by atoms with Crippen LogP contribution in [-0.2, 0) is 0 Å². The molecular weight excluding hydrogens is 364 g/mol. The second kappa shape index (κ2) is 8.12. The van der Waals surface area contributed by atoms with Crippen LogP contribution in [0.3, 0.4) is 0 Å². The number of rotatable bonds is 5. The zero-order chi connectivity index (χ0) is 21.7. The van der Waals surface area contributed by atoms with E-state index in [9.17, 15) is 5.11 Å². The molecule has 0 aromatic carbocycles. The van der Waals surface area contributed by atoms with Gasteiger partial charge in [-0.1, -0.05) is 75.3 Å². The van der Waals surface area contributed by atoms with Gasteiger partial charge in [-0.15, -0.1) is 0 Å². The van der Waals surface area contributed by atoms with E-state index in [-0.39, 0.29) is 6.10 Å². The zero-order valence-corrected chi connectivity index (χ0v) is 20.1. The molecule has 4 aliphatic rings. The lowest BCUT2D eigenvalue weighted by molar-refractivity contribution is 0.0383. The minimum Gasteiger partial charge on any atom is -0.393 e. The molecule has 3 fully saturated rings. The highest BCUT2D eigenvalue weighted by molar-refractivity contribution is 5.39. The fraction of sp³-hybridized carbons (Fsp3) is 0.724. The van der Waals surface area contributed by atoms with Crippen molar-refractivity contribution < 1.29 is 5.11 Å². The summed E-state index contributed by atoms with van der Waals surface area (Å²) in [7, 11) is 0. The summed E-state index contributed by atoms with van der Waals surface area (Å²) in [4.78, 5) is 0. The average molecular weight is 409 g/mol. The zero-order valence-electron chi connectivity index (χ0n) is 20.1. The Morgan fingerprint density at radius 2 is 1.90 bits per heavy atom. The standard InChI is InChI=1S/C29H44O/c1-7-21(19(2)3)9-8-20(4)25-12-13-26-24-11-10-22-18-23(30)14-16-28(22,5)27(24)15-17-29(25,26)6/h8-11,20-21,23,25-27,30H,2,7,12-18H2,1,3-6H3/b9-8+/t20-,21+,23+,25-,26+,27+,28+,29-/m1/s1. The number of hydrogen-bond donors (Lipinski definition) is 1. The van der Waals surface area contributed by atoms with Crippen LogP contribution < -0.4 is 0 Å². The average Bonchev–Trinajstić information content (AvgIpc) is 3.06. The maximum Gasteiger partial charge on any atom is 0.0578 e. The molecule has 0 spiro atoms. The van der Waals surface area contributed by atoms with Gasteiger partial charge in [0.25, 0.3) is 0 Å². The van der Waals surface area contributed by atoms with E-state index in [2.05, 4.69) is 65.5 Å². The molecule has 0 bridgehead atoms. The Morgan fingerprint density at radius 3 is 2.60 bits per heavy atom. The van der Waals surface area contributed by atoms with Crippen molar-refractivity contribution in [3.8, 4) is 0 Å². The van der Waals surface area contributed by atoms with E-state index in [4.69, 9.17) is 0 Å². The molecule has 0 radical (unpaired) electrons. The van der Waals surface area contributed by atoms with E-state index in [0.29, 0.717) is 28.6 Å². The number of aliphatic hydroxyl groups is 1. The van der Waals surface area contributed by atoms with Crippen molar-refractivity contribution in [1.29, 1.82) is 0 Å². The Morgan fingerprint density at radius 1 is 1.13 bits per heavy atom. The van der Waals surface area contributed by atoms with Crippen molar-refractivity contribution in [3.05, 3.63) is 47.6 Å². The van der Waals surface area contributed by atoms with Crippen LogP contribution in [0.15, 0.2) is 47.6 Å². The molecule has 4 aliphatic carbocycles. The van der Waals surface area contributed by atoms with Gasteiger partial charge in [0.1, 0.15) is 0 Å². The smallest absolute Gasteiger partial charge is 0.0578 e. The summed E-state index contributed by atoms with van der Waals surface area (Å²) < 4.78 is 0. The number of allylic oxidation sites excluding steroid dienone is 6. The molecule has 166 valence electrons. The molecule has 0 aromatic rings. The van der Waals surface area contributed by atoms with Crippen molar-refractivity contribution >= 4 is 0 Å². The van der Waals surface area contributed by atoms with E-state index in [1.54, 1.807) is 5.57 Å². The molecule has 4 rings (SSSR count). The van der Waals surface area contributed by atoms with Crippen LogP contribution in [0.2, 0.25) is 0 Å². The third kappa shape index (κ3) is 3.50. The number of aliphatic hydroxyl groups excluding tert-OH is 1. The highest BCUT2D eigenvalue weighted by atomic mass is 16.3. The first-order chi connectivity index (χ1) is 14.2. The Bertz CT molecular complexity index is 769. The first kappa shape index (κ1) is 22.1. The third-order valence-corrected chi connectivity index (χ3v) is 9.97. The molecule has 0 aromatic heterocycles. The summed E-state index contributed by atoms with van der Waals surface area (Å²) in [5.74, 6) is 3.41. The van der Waals surface area contributed by atoms with Crippen LogP contribution in [-0.4, -0.2) is 11.2 Å². The van der Waals surface area contributed by atoms with Gasteiger partial charge in [0.05, 0.1) is 6.10 Å². The number of hydrogen-bond acceptors (Lipinski definition) is 1. The van der Waals surface area contributed by atoms with Crippen LogP contribution in [0.5, 0.6) is 0 Å². The highest BCUT2D eigenvalue weighted by Crippen LogP contribution is 2.65. The third-order valence-electron chi connectivity index (χ3n) is 9.97. The van der Waals surface area contributed by atoms with Crippen LogP contribution in [0.4, 0.5) is 0 Å². The second-order valence-corrected chi connectivity index (χ2v) is 11.6. The largest absolute Gasteiger partial charge is 0.393 e. The maximum atomic E-state index is 10.2. The Balaban J connectivity index is 1.56. The van der Waals surface area contributed by atoms with Crippen molar-refractivity contribution in [2.24, 2.45) is 40.4 Å². The van der Waals surface area contributed by atoms with Crippen molar-refractivity contribution in [3.63, 3.8) is 0 Å². The summed E-state index contributed by atoms with van der Waals surface area (Å²) in [5, 5.41) is 10.2. The summed E-state index contributed by atoms with van der Waals surface area (Å²) in [6.45, 7) is 16.2. The Hall–Kier alpha value is -1.08. The SMILES string of the molecule is C=C(C)[C@H](/C=C/[C@@H](C)[C@H]1CC[C@H]2C3=CC=C4C[C@@H](O)CC[C@]4(C)[C@H]3CC[C@]12C)CC. The summed E-state index contributed by atoms with van der Waals surface area (Å²) in [6, 6.07) is 0. The van der Waals surface area contributed by atoms with Crippen molar-refractivity contribution in [2.45, 2.75) is 92.1 Å². The minimum absolute atomic E-state index is 0.122. The maximum absolute atomic E-state index is 10.2. The molecule has 1 nitrogen and oxygen atoms in total. The molecular formula is C29H44O. The predicted octanol–water partition coefficient (Wildman–Crippen LogP) is 7.64. The van der Waals surface area contributed by atoms with Crippen molar-refractivity contribution in [1.82, 2.24) is 0 Å². The molecule has 0 unspecified atom stereocenters. The van der Waals surface area contributed by atoms with E-state index in [1.807, 2.05) is 0 Å². The van der Waals surface area contributed by atoms with E-state index in [0.717, 1.165) is 37.5 Å². The lowest BCUT2D eigenvalue weighted by Crippen LogP contribution is -2.46. The summed E-state index contributed by atoms with van der Waals surface area (Å²) in [6.07, 6.45) is 19.4. The molecule has 1 N–H and O–H groups in total. The minimum atomic E-state index is -0.122. The molecule has 3 saturated carbocycles. The summed E-state index contributed by atoms with van der Waals surface area (Å²) in [5.41, 5.74) is 5.31. The molecule has 1 heteroatoms. The van der Waals surface area contributed by atoms with Gasteiger partial charge >= 0.3 is 0 Å². The van der Waals surface area contributed by atoms with Crippen LogP contribution in [0.1, 0.15) is 86.0 Å². The van der Waals surface area contributed by atoms with Gasteiger partial charge < -0.3 is 5.11 Å². The van der Waals surface area contributed by atoms with Crippen molar-refractivity contribution in [2.75, 3.05) is 0 Å². The monoisotopic (exact) mass is 408 g/mol. The first-order valence-corrected chi connectivity index (χ1v) is 12.6. The molecule has 0 aliphatic heterocycles. The molecule has 8 atom stereocenters. The van der Waals surface area contributed by atoms with Gasteiger partial charge in [0.2, 0.25) is 0 Å². The fourth-order valence-electron chi connectivity index (χ4n) is 7.98. The molecule has 0 saturated heterocycles. The van der Waals surface area contributed by atoms with Gasteiger partial charge in [-0.25, -0.2) is 0 Å². The van der Waals surface area contributed by atoms with Crippen LogP contribution in [0, 0.1) is 40.4 Å². The van der Waals surface area contributed by atoms with E-state index < -0.39 is 0 Å². The lowest BCUT2D eigenvalue weighted by atomic mass is 9.50. The number of fused-ring (bicyclic) bond motifs is 5. The molecule has 0 heterocycles. The molecule has 30 heavy (non-hydrogen) atoms. The normalized spacial score (nSPS) is 42.6. The van der Waals surface area contributed by atoms with Crippen LogP contribution in [0.25, 0.3) is 0 Å². The second-order valence-electron chi connectivity index (χ2n) is 11.6. The fourth-order valence-corrected chi connectivity index (χ4v) is 7.98. The topological polar surface area (TPSA) is 20.2 Å². The highest BCUT2D eigenvalue weighted by Gasteiger charge is 2.56. The Kier molecular flexibility index (Phi) is 5.99. The van der Waals surface area contributed by atoms with E-state index >= 15 is 0 Å². The Labute approximate surface area is 185 Å². The van der Waals surface area contributed by atoms with Gasteiger partial charge in [-0.3, -0.25) is 0 Å². The van der Waals surface area contributed by atoms with Gasteiger partial charge in [0.15, 0.2) is 0 Å². The van der Waals surface area contributed by atoms with Gasteiger partial charge in [-0.05, 0) is 98.7 Å². The van der Waals surface area contributed by atoms with Crippen LogP contribution >= 0.6 is 0 Å². The van der Waals surface area contributed by atoms with Gasteiger partial charge in [0, 0.05) is 0 Å². The quantitative estimate of drug-likeness (QED) is 0.463. The van der Waals surface area contributed by atoms with Gasteiger partial charge in [-0.2, -0.15) is 0 Å².